The van der Waals surface area contributed by atoms with Gasteiger partial charge in [0.25, 0.3) is 0 Å². The highest BCUT2D eigenvalue weighted by molar-refractivity contribution is 5.97. The topological polar surface area (TPSA) is 69.8 Å². The van der Waals surface area contributed by atoms with Crippen LogP contribution in [0.1, 0.15) is 0 Å². The van der Waals surface area contributed by atoms with E-state index in [1.165, 1.54) is 0 Å². The van der Waals surface area contributed by atoms with Crippen molar-refractivity contribution in [1.82, 2.24) is 0 Å². The Labute approximate surface area is 144 Å². The SMILES string of the molecule is C=CC(=O)Oc1cc(OCC2CO2)c2ccccc2c1OCC1CO1. The van der Waals surface area contributed by atoms with Crippen LogP contribution in [0, 0.1) is 0 Å². The number of hydrogen-bond donors (Lipinski definition) is 0. The van der Waals surface area contributed by atoms with E-state index in [1.807, 2.05) is 24.3 Å². The van der Waals surface area contributed by atoms with Gasteiger partial charge in [-0.15, -0.1) is 0 Å². The standard InChI is InChI=1S/C19H18O6/c1-2-18(20)25-17-7-16(23-10-12-8-21-12)14-5-3-4-6-15(14)19(17)24-11-13-9-22-13/h2-7,12-13H,1,8-11H2. The van der Waals surface area contributed by atoms with Gasteiger partial charge in [0.1, 0.15) is 31.2 Å². The number of esters is 1. The van der Waals surface area contributed by atoms with Gasteiger partial charge in [-0.3, -0.25) is 0 Å². The minimum absolute atomic E-state index is 0.0876. The van der Waals surface area contributed by atoms with Crippen LogP contribution >= 0.6 is 0 Å². The van der Waals surface area contributed by atoms with Gasteiger partial charge in [0.05, 0.1) is 13.2 Å². The van der Waals surface area contributed by atoms with Crippen LogP contribution < -0.4 is 14.2 Å². The lowest BCUT2D eigenvalue weighted by Crippen LogP contribution is -2.10. The molecule has 2 aliphatic rings. The lowest BCUT2D eigenvalue weighted by Gasteiger charge is -2.16. The zero-order valence-corrected chi connectivity index (χ0v) is 13.6. The van der Waals surface area contributed by atoms with E-state index < -0.39 is 5.97 Å². The maximum atomic E-state index is 11.7. The molecule has 2 unspecified atom stereocenters. The van der Waals surface area contributed by atoms with Crippen LogP contribution in [0.25, 0.3) is 10.8 Å². The van der Waals surface area contributed by atoms with Crippen LogP contribution in [0.4, 0.5) is 0 Å². The van der Waals surface area contributed by atoms with E-state index in [0.717, 1.165) is 16.8 Å². The molecule has 0 bridgehead atoms. The first-order valence-corrected chi connectivity index (χ1v) is 8.13. The second kappa shape index (κ2) is 6.74. The predicted molar refractivity (Wildman–Crippen MR) is 90.3 cm³/mol. The van der Waals surface area contributed by atoms with Gasteiger partial charge < -0.3 is 23.7 Å². The van der Waals surface area contributed by atoms with Crippen LogP contribution in [-0.4, -0.2) is 44.6 Å². The average Bonchev–Trinajstić information content (AvgIpc) is 3.53. The smallest absolute Gasteiger partial charge is 0.335 e. The van der Waals surface area contributed by atoms with E-state index >= 15 is 0 Å². The van der Waals surface area contributed by atoms with E-state index in [-0.39, 0.29) is 12.2 Å². The monoisotopic (exact) mass is 342 g/mol. The summed E-state index contributed by atoms with van der Waals surface area (Å²) in [5.41, 5.74) is 0. The normalized spacial score (nSPS) is 20.8. The summed E-state index contributed by atoms with van der Waals surface area (Å²) < 4.78 is 27.5. The number of carbonyl (C=O) groups excluding carboxylic acids is 1. The van der Waals surface area contributed by atoms with Crippen LogP contribution in [0.15, 0.2) is 43.0 Å². The van der Waals surface area contributed by atoms with E-state index in [1.54, 1.807) is 6.07 Å². The molecule has 2 aliphatic heterocycles. The Balaban J connectivity index is 1.73. The molecule has 0 amide bonds. The quantitative estimate of drug-likeness (QED) is 0.318. The highest BCUT2D eigenvalue weighted by Gasteiger charge is 2.27. The predicted octanol–water partition coefficient (Wildman–Crippen LogP) is 2.49. The van der Waals surface area contributed by atoms with Crippen LogP contribution in [0.5, 0.6) is 17.2 Å². The summed E-state index contributed by atoms with van der Waals surface area (Å²) in [7, 11) is 0. The first kappa shape index (κ1) is 15.9. The van der Waals surface area contributed by atoms with Gasteiger partial charge in [-0.2, -0.15) is 0 Å². The molecule has 2 atom stereocenters. The molecule has 2 aromatic rings. The van der Waals surface area contributed by atoms with Crippen LogP contribution in [0.2, 0.25) is 0 Å². The molecular formula is C19H18O6. The van der Waals surface area contributed by atoms with E-state index in [9.17, 15) is 4.79 Å². The van der Waals surface area contributed by atoms with Gasteiger partial charge in [0.15, 0.2) is 11.5 Å². The van der Waals surface area contributed by atoms with Gasteiger partial charge in [-0.05, 0) is 0 Å². The summed E-state index contributed by atoms with van der Waals surface area (Å²) in [6.07, 6.45) is 1.33. The Kier molecular flexibility index (Phi) is 4.29. The van der Waals surface area contributed by atoms with Gasteiger partial charge in [-0.1, -0.05) is 30.8 Å². The van der Waals surface area contributed by atoms with Crippen LogP contribution in [0.3, 0.4) is 0 Å². The van der Waals surface area contributed by atoms with Crippen molar-refractivity contribution in [3.05, 3.63) is 43.0 Å². The number of hydrogen-bond acceptors (Lipinski definition) is 6. The summed E-state index contributed by atoms with van der Waals surface area (Å²) in [5, 5.41) is 1.69. The fraction of sp³-hybridized carbons (Fsp3) is 0.316. The summed E-state index contributed by atoms with van der Waals surface area (Å²) in [6, 6.07) is 9.35. The molecule has 2 fully saturated rings. The molecule has 0 aromatic heterocycles. The first-order valence-electron chi connectivity index (χ1n) is 8.13. The fourth-order valence-corrected chi connectivity index (χ4v) is 2.47. The van der Waals surface area contributed by atoms with Crippen LogP contribution in [-0.2, 0) is 14.3 Å². The second-order valence-electron chi connectivity index (χ2n) is 5.91. The maximum absolute atomic E-state index is 11.7. The van der Waals surface area contributed by atoms with Crippen molar-refractivity contribution in [2.24, 2.45) is 0 Å². The molecule has 2 saturated heterocycles. The lowest BCUT2D eigenvalue weighted by molar-refractivity contribution is -0.129. The molecule has 130 valence electrons. The highest BCUT2D eigenvalue weighted by Crippen LogP contribution is 2.42. The molecule has 0 spiro atoms. The van der Waals surface area contributed by atoms with Crippen molar-refractivity contribution in [3.8, 4) is 17.2 Å². The van der Waals surface area contributed by atoms with E-state index in [2.05, 4.69) is 6.58 Å². The Hall–Kier alpha value is -2.57. The molecule has 0 radical (unpaired) electrons. The number of ether oxygens (including phenoxy) is 5. The zero-order valence-electron chi connectivity index (χ0n) is 13.6. The third-order valence-corrected chi connectivity index (χ3v) is 3.94. The maximum Gasteiger partial charge on any atom is 0.335 e. The number of epoxide rings is 2. The third-order valence-electron chi connectivity index (χ3n) is 3.94. The molecular weight excluding hydrogens is 324 g/mol. The van der Waals surface area contributed by atoms with Crippen molar-refractivity contribution >= 4 is 16.7 Å². The van der Waals surface area contributed by atoms with Crippen molar-refractivity contribution in [3.63, 3.8) is 0 Å². The minimum Gasteiger partial charge on any atom is -0.490 e. The second-order valence-corrected chi connectivity index (χ2v) is 5.91. The van der Waals surface area contributed by atoms with E-state index in [4.69, 9.17) is 23.7 Å². The highest BCUT2D eigenvalue weighted by atomic mass is 16.6. The Bertz CT molecular complexity index is 807. The largest absolute Gasteiger partial charge is 0.490 e. The number of rotatable bonds is 8. The molecule has 0 aliphatic carbocycles. The number of carbonyl (C=O) groups is 1. The third kappa shape index (κ3) is 3.75. The summed E-state index contributed by atoms with van der Waals surface area (Å²) in [5.74, 6) is 0.861. The molecule has 4 rings (SSSR count). The van der Waals surface area contributed by atoms with Gasteiger partial charge >= 0.3 is 5.97 Å². The molecule has 0 N–H and O–H groups in total. The van der Waals surface area contributed by atoms with Crippen molar-refractivity contribution in [2.45, 2.75) is 12.2 Å². The molecule has 0 saturated carbocycles. The Morgan fingerprint density at radius 2 is 1.72 bits per heavy atom. The molecule has 2 heterocycles. The number of benzene rings is 2. The molecule has 2 aromatic carbocycles. The number of fused-ring (bicyclic) bond motifs is 1. The zero-order chi connectivity index (χ0) is 17.2. The van der Waals surface area contributed by atoms with Gasteiger partial charge in [0.2, 0.25) is 0 Å². The first-order chi connectivity index (χ1) is 12.2. The average molecular weight is 342 g/mol. The summed E-state index contributed by atoms with van der Waals surface area (Å²) >= 11 is 0. The van der Waals surface area contributed by atoms with Crippen molar-refractivity contribution in [2.75, 3.05) is 26.4 Å². The Morgan fingerprint density at radius 1 is 1.08 bits per heavy atom. The van der Waals surface area contributed by atoms with Gasteiger partial charge in [-0.25, -0.2) is 4.79 Å². The fourth-order valence-electron chi connectivity index (χ4n) is 2.47. The molecule has 6 heteroatoms. The van der Waals surface area contributed by atoms with Crippen molar-refractivity contribution in [1.29, 1.82) is 0 Å². The summed E-state index contributed by atoms with van der Waals surface area (Å²) in [4.78, 5) is 11.7. The Morgan fingerprint density at radius 3 is 2.36 bits per heavy atom. The van der Waals surface area contributed by atoms with Crippen molar-refractivity contribution < 1.29 is 28.5 Å². The molecule has 25 heavy (non-hydrogen) atoms. The van der Waals surface area contributed by atoms with Gasteiger partial charge in [0, 0.05) is 22.9 Å². The minimum atomic E-state index is -0.556. The lowest BCUT2D eigenvalue weighted by atomic mass is 10.1. The summed E-state index contributed by atoms with van der Waals surface area (Å²) in [6.45, 7) is 5.68. The molecule has 6 nitrogen and oxygen atoms in total. The van der Waals surface area contributed by atoms with E-state index in [0.29, 0.717) is 43.7 Å².